The number of para-hydroxylation sites is 2. The topological polar surface area (TPSA) is 115 Å². The molecular weight excluding hydrogens is 444 g/mol. The second-order valence-corrected chi connectivity index (χ2v) is 8.44. The van der Waals surface area contributed by atoms with Crippen LogP contribution in [0.25, 0.3) is 0 Å². The van der Waals surface area contributed by atoms with E-state index < -0.39 is 4.92 Å². The lowest BCUT2D eigenvalue weighted by molar-refractivity contribution is -0.383. The van der Waals surface area contributed by atoms with E-state index in [1.165, 1.54) is 23.9 Å². The molecule has 172 valence electrons. The minimum atomic E-state index is -0.510. The zero-order valence-corrected chi connectivity index (χ0v) is 18.7. The number of nitro benzene ring substituents is 1. The summed E-state index contributed by atoms with van der Waals surface area (Å²) in [5, 5.41) is 23.3. The predicted molar refractivity (Wildman–Crippen MR) is 126 cm³/mol. The number of ether oxygens (including phenoxy) is 1. The van der Waals surface area contributed by atoms with Gasteiger partial charge in [-0.15, -0.1) is 10.2 Å². The predicted octanol–water partition coefficient (Wildman–Crippen LogP) is 3.19. The molecule has 3 aromatic rings. The third-order valence-corrected chi connectivity index (χ3v) is 6.08. The van der Waals surface area contributed by atoms with Crippen molar-refractivity contribution in [2.24, 2.45) is 0 Å². The molecule has 0 radical (unpaired) electrons. The second-order valence-electron chi connectivity index (χ2n) is 7.37. The van der Waals surface area contributed by atoms with Crippen LogP contribution in [0.4, 0.5) is 17.3 Å². The van der Waals surface area contributed by atoms with Crippen LogP contribution < -0.4 is 10.2 Å². The molecule has 33 heavy (non-hydrogen) atoms. The highest BCUT2D eigenvalue weighted by Crippen LogP contribution is 2.26. The number of anilines is 2. The molecule has 1 aliphatic heterocycles. The minimum absolute atomic E-state index is 0.128. The number of nitro groups is 1. The molecule has 1 aromatic heterocycles. The third-order valence-electron chi connectivity index (χ3n) is 5.11. The molecule has 0 unspecified atom stereocenters. The van der Waals surface area contributed by atoms with Gasteiger partial charge >= 0.3 is 0 Å². The van der Waals surface area contributed by atoms with Gasteiger partial charge in [-0.2, -0.15) is 0 Å². The number of morpholine rings is 1. The standard InChI is InChI=1S/C22H24N6O4S/c29-20(23-18-8-4-5-9-19(18)28(30)31)10-15-33-22-25-24-21(26-11-13-32-14-12-26)27(22)16-17-6-2-1-3-7-17/h1-9H,10-16H2,(H,23,29). The number of carbonyl (C=O) groups is 1. The summed E-state index contributed by atoms with van der Waals surface area (Å²) >= 11 is 1.44. The molecule has 11 heteroatoms. The number of hydrogen-bond acceptors (Lipinski definition) is 8. The number of nitrogens with zero attached hydrogens (tertiary/aromatic N) is 5. The van der Waals surface area contributed by atoms with Gasteiger partial charge in [0.15, 0.2) is 5.16 Å². The molecular formula is C22H24N6O4S. The van der Waals surface area contributed by atoms with E-state index in [0.29, 0.717) is 25.5 Å². The first kappa shape index (κ1) is 22.7. The molecule has 0 atom stereocenters. The smallest absolute Gasteiger partial charge is 0.292 e. The highest BCUT2D eigenvalue weighted by Gasteiger charge is 2.21. The lowest BCUT2D eigenvalue weighted by Crippen LogP contribution is -2.38. The van der Waals surface area contributed by atoms with E-state index in [0.717, 1.165) is 29.8 Å². The van der Waals surface area contributed by atoms with Gasteiger partial charge in [0.25, 0.3) is 5.69 Å². The molecule has 1 amide bonds. The number of aromatic nitrogens is 3. The first-order valence-electron chi connectivity index (χ1n) is 10.6. The molecule has 10 nitrogen and oxygen atoms in total. The Bertz CT molecular complexity index is 1100. The molecule has 1 saturated heterocycles. The fraction of sp³-hybridized carbons (Fsp3) is 0.318. The van der Waals surface area contributed by atoms with Gasteiger partial charge in [0.05, 0.1) is 24.7 Å². The van der Waals surface area contributed by atoms with E-state index in [9.17, 15) is 14.9 Å². The van der Waals surface area contributed by atoms with Crippen LogP contribution >= 0.6 is 11.8 Å². The largest absolute Gasteiger partial charge is 0.378 e. The zero-order valence-electron chi connectivity index (χ0n) is 17.9. The van der Waals surface area contributed by atoms with Crippen molar-refractivity contribution in [2.75, 3.05) is 42.3 Å². The van der Waals surface area contributed by atoms with Gasteiger partial charge in [-0.05, 0) is 11.6 Å². The molecule has 2 heterocycles. The van der Waals surface area contributed by atoms with Crippen molar-refractivity contribution in [1.82, 2.24) is 14.8 Å². The van der Waals surface area contributed by atoms with Crippen LogP contribution in [-0.2, 0) is 16.1 Å². The Balaban J connectivity index is 1.42. The Kier molecular flexibility index (Phi) is 7.53. The first-order valence-corrected chi connectivity index (χ1v) is 11.6. The summed E-state index contributed by atoms with van der Waals surface area (Å²) in [6, 6.07) is 16.2. The van der Waals surface area contributed by atoms with E-state index in [4.69, 9.17) is 4.74 Å². The molecule has 0 bridgehead atoms. The third kappa shape index (κ3) is 5.88. The quantitative estimate of drug-likeness (QED) is 0.289. The average Bonchev–Trinajstić information content (AvgIpc) is 3.22. The Hall–Kier alpha value is -3.44. The summed E-state index contributed by atoms with van der Waals surface area (Å²) in [5.74, 6) is 0.955. The molecule has 2 aromatic carbocycles. The Labute approximate surface area is 195 Å². The van der Waals surface area contributed by atoms with Crippen LogP contribution in [0.5, 0.6) is 0 Å². The summed E-state index contributed by atoms with van der Waals surface area (Å²) in [7, 11) is 0. The number of rotatable bonds is 9. The van der Waals surface area contributed by atoms with Gasteiger partial charge in [-0.25, -0.2) is 0 Å². The molecule has 4 rings (SSSR count). The van der Waals surface area contributed by atoms with Crippen molar-refractivity contribution >= 4 is 35.0 Å². The van der Waals surface area contributed by atoms with Crippen molar-refractivity contribution in [3.63, 3.8) is 0 Å². The highest BCUT2D eigenvalue weighted by molar-refractivity contribution is 7.99. The summed E-state index contributed by atoms with van der Waals surface area (Å²) < 4.78 is 7.52. The van der Waals surface area contributed by atoms with Gasteiger partial charge in [0.1, 0.15) is 5.69 Å². The van der Waals surface area contributed by atoms with Crippen molar-refractivity contribution in [2.45, 2.75) is 18.1 Å². The fourth-order valence-corrected chi connectivity index (χ4v) is 4.35. The van der Waals surface area contributed by atoms with Gasteiger partial charge in [0.2, 0.25) is 11.9 Å². The van der Waals surface area contributed by atoms with Crippen molar-refractivity contribution in [3.05, 3.63) is 70.3 Å². The monoisotopic (exact) mass is 468 g/mol. The maximum absolute atomic E-state index is 12.4. The first-order chi connectivity index (χ1) is 16.1. The van der Waals surface area contributed by atoms with Crippen LogP contribution in [0, 0.1) is 10.1 Å². The van der Waals surface area contributed by atoms with Crippen molar-refractivity contribution in [3.8, 4) is 0 Å². The zero-order chi connectivity index (χ0) is 23.0. The number of amides is 1. The van der Waals surface area contributed by atoms with Gasteiger partial charge in [0, 0.05) is 31.3 Å². The molecule has 1 aliphatic rings. The van der Waals surface area contributed by atoms with Gasteiger partial charge < -0.3 is 15.0 Å². The lowest BCUT2D eigenvalue weighted by Gasteiger charge is -2.28. The molecule has 0 saturated carbocycles. The molecule has 1 fully saturated rings. The summed E-state index contributed by atoms with van der Waals surface area (Å²) in [6.45, 7) is 3.40. The van der Waals surface area contributed by atoms with Gasteiger partial charge in [-0.3, -0.25) is 19.5 Å². The Morgan fingerprint density at radius 2 is 1.82 bits per heavy atom. The van der Waals surface area contributed by atoms with E-state index in [1.807, 2.05) is 18.2 Å². The molecule has 0 spiro atoms. The van der Waals surface area contributed by atoms with Crippen LogP contribution in [0.1, 0.15) is 12.0 Å². The van der Waals surface area contributed by atoms with Crippen LogP contribution in [0.3, 0.4) is 0 Å². The van der Waals surface area contributed by atoms with E-state index >= 15 is 0 Å². The van der Waals surface area contributed by atoms with Crippen LogP contribution in [0.15, 0.2) is 59.8 Å². The Morgan fingerprint density at radius 3 is 2.58 bits per heavy atom. The number of hydrogen-bond donors (Lipinski definition) is 1. The maximum Gasteiger partial charge on any atom is 0.292 e. The van der Waals surface area contributed by atoms with Crippen LogP contribution in [0.2, 0.25) is 0 Å². The Morgan fingerprint density at radius 1 is 1.09 bits per heavy atom. The number of carbonyl (C=O) groups excluding carboxylic acids is 1. The molecule has 0 aliphatic carbocycles. The number of nitrogens with one attached hydrogen (secondary N) is 1. The SMILES string of the molecule is O=C(CCSc1nnc(N2CCOCC2)n1Cc1ccccc1)Nc1ccccc1[N+](=O)[O-]. The fourth-order valence-electron chi connectivity index (χ4n) is 3.48. The highest BCUT2D eigenvalue weighted by atomic mass is 32.2. The normalized spacial score (nSPS) is 13.6. The van der Waals surface area contributed by atoms with Crippen LogP contribution in [-0.4, -0.2) is 57.7 Å². The van der Waals surface area contributed by atoms with E-state index in [-0.39, 0.29) is 23.7 Å². The number of thioether (sulfide) groups is 1. The van der Waals surface area contributed by atoms with Gasteiger partial charge in [-0.1, -0.05) is 54.2 Å². The molecule has 1 N–H and O–H groups in total. The van der Waals surface area contributed by atoms with Crippen molar-refractivity contribution in [1.29, 1.82) is 0 Å². The second kappa shape index (κ2) is 10.9. The minimum Gasteiger partial charge on any atom is -0.378 e. The van der Waals surface area contributed by atoms with E-state index in [2.05, 4.69) is 37.1 Å². The average molecular weight is 469 g/mol. The lowest BCUT2D eigenvalue weighted by atomic mass is 10.2. The van der Waals surface area contributed by atoms with E-state index in [1.54, 1.807) is 12.1 Å². The number of benzene rings is 2. The van der Waals surface area contributed by atoms with Crippen molar-refractivity contribution < 1.29 is 14.5 Å². The summed E-state index contributed by atoms with van der Waals surface area (Å²) in [6.07, 6.45) is 0.182. The summed E-state index contributed by atoms with van der Waals surface area (Å²) in [5.41, 5.74) is 1.19. The summed E-state index contributed by atoms with van der Waals surface area (Å²) in [4.78, 5) is 25.2. The maximum atomic E-state index is 12.4.